The first-order valence-corrected chi connectivity index (χ1v) is 11.2. The number of halogens is 2. The van der Waals surface area contributed by atoms with Gasteiger partial charge in [-0.25, -0.2) is 4.79 Å². The normalized spacial score (nSPS) is 8.68. The average Bonchev–Trinajstić information content (AvgIpc) is 2.91. The molecule has 0 aliphatic rings. The van der Waals surface area contributed by atoms with Gasteiger partial charge in [0.2, 0.25) is 6.08 Å². The minimum atomic E-state index is -0.512. The van der Waals surface area contributed by atoms with Crippen LogP contribution in [-0.4, -0.2) is 19.0 Å². The lowest BCUT2D eigenvalue weighted by Crippen LogP contribution is -1.88. The molecule has 2 N–H and O–H groups in total. The van der Waals surface area contributed by atoms with Gasteiger partial charge >= 0.3 is 0 Å². The molecule has 0 atom stereocenters. The molecule has 4 rings (SSSR count). The Hall–Kier alpha value is -4.30. The molecule has 0 saturated carbocycles. The predicted octanol–water partition coefficient (Wildman–Crippen LogP) is 7.89. The van der Waals surface area contributed by atoms with Gasteiger partial charge in [-0.15, -0.1) is 4.91 Å². The van der Waals surface area contributed by atoms with Crippen LogP contribution in [0, 0.1) is 15.0 Å². The monoisotopic (exact) mass is 550 g/mol. The molecule has 0 spiro atoms. The van der Waals surface area contributed by atoms with Crippen LogP contribution in [-0.2, 0) is 11.2 Å². The molecule has 0 saturated heterocycles. The Bertz CT molecular complexity index is 1310. The number of para-hydroxylation sites is 2. The number of nitro benzene ring substituents is 1. The van der Waals surface area contributed by atoms with Crippen molar-refractivity contribution < 1.29 is 9.72 Å². The number of nitrogen functional groups attached to an aromatic ring is 1. The molecule has 0 fully saturated rings. The van der Waals surface area contributed by atoms with Crippen molar-refractivity contribution in [2.24, 2.45) is 10.1 Å². The second-order valence-electron chi connectivity index (χ2n) is 6.84. The van der Waals surface area contributed by atoms with E-state index in [0.29, 0.717) is 17.1 Å². The molecule has 8 nitrogen and oxygen atoms in total. The van der Waals surface area contributed by atoms with E-state index in [4.69, 9.17) is 33.7 Å². The van der Waals surface area contributed by atoms with Gasteiger partial charge in [0, 0.05) is 11.8 Å². The van der Waals surface area contributed by atoms with E-state index in [2.05, 4.69) is 18.1 Å². The van der Waals surface area contributed by atoms with Crippen molar-refractivity contribution in [3.05, 3.63) is 139 Å². The summed E-state index contributed by atoms with van der Waals surface area (Å²) in [5.41, 5.74) is 8.46. The third-order valence-electron chi connectivity index (χ3n) is 4.30. The van der Waals surface area contributed by atoms with Gasteiger partial charge in [-0.2, -0.15) is 0 Å². The van der Waals surface area contributed by atoms with Crippen LogP contribution in [0.2, 0.25) is 10.0 Å². The number of isocyanates is 1. The third kappa shape index (κ3) is 13.1. The van der Waals surface area contributed by atoms with Gasteiger partial charge in [0.1, 0.15) is 10.7 Å². The molecule has 2 radical (unpaired) electrons. The number of benzene rings is 4. The third-order valence-corrected chi connectivity index (χ3v) is 4.93. The Labute approximate surface area is 232 Å². The maximum Gasteiger partial charge on any atom is 0.287 e. The Kier molecular flexibility index (Phi) is 17.6. The summed E-state index contributed by atoms with van der Waals surface area (Å²) in [5, 5.41) is 13.7. The molecule has 194 valence electrons. The minimum absolute atomic E-state index is 0. The minimum Gasteiger partial charge on any atom is -0.399 e. The fraction of sp³-hybridized carbons (Fsp3) is 0.0741. The Morgan fingerprint density at radius 2 is 1.34 bits per heavy atom. The fourth-order valence-electron chi connectivity index (χ4n) is 2.67. The predicted molar refractivity (Wildman–Crippen MR) is 156 cm³/mol. The van der Waals surface area contributed by atoms with Crippen LogP contribution in [0.5, 0.6) is 0 Å². The highest BCUT2D eigenvalue weighted by Crippen LogP contribution is 2.30. The van der Waals surface area contributed by atoms with Crippen LogP contribution in [0.15, 0.2) is 113 Å². The van der Waals surface area contributed by atoms with Crippen molar-refractivity contribution >= 4 is 54.3 Å². The summed E-state index contributed by atoms with van der Waals surface area (Å²) in [6.45, 7) is 0. The zero-order chi connectivity index (χ0) is 27.5. The van der Waals surface area contributed by atoms with E-state index in [1.165, 1.54) is 12.1 Å². The SMILES string of the molecule is C.Nc1ccccc1.O=Nc1c(Cl)cccc1Cc1ccccc1.O=[N+]([O-])c1ccccc1Cl.[B]N=C=O. The molecule has 0 bridgehead atoms. The van der Waals surface area contributed by atoms with Gasteiger partial charge in [-0.05, 0) is 47.0 Å². The van der Waals surface area contributed by atoms with E-state index in [-0.39, 0.29) is 18.1 Å². The second kappa shape index (κ2) is 19.8. The molecule has 38 heavy (non-hydrogen) atoms. The number of nitroso groups, excluding NO2 is 1. The maximum absolute atomic E-state index is 10.7. The highest BCUT2D eigenvalue weighted by Gasteiger charge is 2.08. The second-order valence-corrected chi connectivity index (χ2v) is 7.66. The van der Waals surface area contributed by atoms with Crippen LogP contribution < -0.4 is 5.73 Å². The summed E-state index contributed by atoms with van der Waals surface area (Å²) >= 11 is 11.4. The van der Waals surface area contributed by atoms with E-state index in [0.717, 1.165) is 22.9 Å². The molecule has 4 aromatic carbocycles. The highest BCUT2D eigenvalue weighted by atomic mass is 35.5. The van der Waals surface area contributed by atoms with Crippen molar-refractivity contribution in [3.8, 4) is 0 Å². The van der Waals surface area contributed by atoms with Crippen molar-refractivity contribution in [2.45, 2.75) is 13.8 Å². The number of hydrogen-bond acceptors (Lipinski definition) is 7. The van der Waals surface area contributed by atoms with E-state index in [9.17, 15) is 15.0 Å². The fourth-order valence-corrected chi connectivity index (χ4v) is 3.11. The lowest BCUT2D eigenvalue weighted by Gasteiger charge is -2.05. The molecule has 0 amide bonds. The summed E-state index contributed by atoms with van der Waals surface area (Å²) in [4.78, 5) is 31.5. The Morgan fingerprint density at radius 1 is 0.842 bits per heavy atom. The summed E-state index contributed by atoms with van der Waals surface area (Å²) in [5.74, 6) is 0. The largest absolute Gasteiger partial charge is 0.399 e. The van der Waals surface area contributed by atoms with Crippen molar-refractivity contribution in [2.75, 3.05) is 5.73 Å². The Balaban J connectivity index is 0.000000534. The summed E-state index contributed by atoms with van der Waals surface area (Å²) in [7, 11) is 4.23. The topological polar surface area (TPSA) is 128 Å². The van der Waals surface area contributed by atoms with Crippen molar-refractivity contribution in [1.82, 2.24) is 0 Å². The highest BCUT2D eigenvalue weighted by molar-refractivity contribution is 6.33. The number of hydrogen-bond donors (Lipinski definition) is 1. The molecule has 0 heterocycles. The first-order chi connectivity index (χ1) is 17.8. The molecular formula is C27H25BCl2N4O4. The lowest BCUT2D eigenvalue weighted by atomic mass is 10.0. The standard InChI is InChI=1S/C13H10ClNO.C6H4ClNO2.C6H7N.CBNO.CH4/c14-12-8-4-7-11(13(12)15-16)9-10-5-2-1-3-6-10;7-5-3-1-2-4-6(5)8(9)10;7-6-4-2-1-3-5-6;2-3-1-4;/h1-8H,9H2;1-4H;1-5H,7H2;;1H4. The number of anilines is 1. The lowest BCUT2D eigenvalue weighted by molar-refractivity contribution is -0.384. The van der Waals surface area contributed by atoms with Gasteiger partial charge in [-0.3, -0.25) is 15.0 Å². The van der Waals surface area contributed by atoms with Crippen molar-refractivity contribution in [1.29, 1.82) is 0 Å². The summed E-state index contributed by atoms with van der Waals surface area (Å²) in [6.07, 6.45) is 1.75. The van der Waals surface area contributed by atoms with Gasteiger partial charge in [0.25, 0.3) is 13.7 Å². The Morgan fingerprint density at radius 3 is 1.76 bits per heavy atom. The zero-order valence-corrected chi connectivity index (χ0v) is 20.9. The molecular weight excluding hydrogens is 526 g/mol. The quantitative estimate of drug-likeness (QED) is 0.0525. The van der Waals surface area contributed by atoms with Gasteiger partial charge in [0.15, 0.2) is 0 Å². The molecule has 0 aliphatic heterocycles. The van der Waals surface area contributed by atoms with Crippen LogP contribution in [0.1, 0.15) is 18.6 Å². The molecule has 0 aliphatic carbocycles. The molecule has 11 heteroatoms. The molecule has 0 aromatic heterocycles. The smallest absolute Gasteiger partial charge is 0.287 e. The summed E-state index contributed by atoms with van der Waals surface area (Å²) < 4.78 is 0. The number of nitrogens with two attached hydrogens (primary N) is 1. The number of nitro groups is 1. The van der Waals surface area contributed by atoms with Crippen LogP contribution in [0.3, 0.4) is 0 Å². The van der Waals surface area contributed by atoms with E-state index >= 15 is 0 Å². The van der Waals surface area contributed by atoms with Gasteiger partial charge in [-0.1, -0.05) is 103 Å². The molecule has 0 unspecified atom stereocenters. The van der Waals surface area contributed by atoms with Gasteiger partial charge in [0.05, 0.1) is 9.95 Å². The van der Waals surface area contributed by atoms with Crippen LogP contribution >= 0.6 is 23.2 Å². The molecule has 4 aromatic rings. The maximum atomic E-state index is 10.7. The van der Waals surface area contributed by atoms with Crippen LogP contribution in [0.4, 0.5) is 17.1 Å². The van der Waals surface area contributed by atoms with E-state index in [1.54, 1.807) is 18.2 Å². The van der Waals surface area contributed by atoms with E-state index in [1.807, 2.05) is 72.8 Å². The zero-order valence-electron chi connectivity index (χ0n) is 19.4. The van der Waals surface area contributed by atoms with Gasteiger partial charge < -0.3 is 5.73 Å². The first-order valence-electron chi connectivity index (χ1n) is 10.4. The number of carbonyl (C=O) groups excluding carboxylic acids is 1. The number of rotatable bonds is 4. The average molecular weight is 551 g/mol. The summed E-state index contributed by atoms with van der Waals surface area (Å²) in [6, 6.07) is 30.8. The first kappa shape index (κ1) is 33.7. The number of nitrogens with zero attached hydrogens (tertiary/aromatic N) is 3. The van der Waals surface area contributed by atoms with Crippen molar-refractivity contribution in [3.63, 3.8) is 0 Å². The van der Waals surface area contributed by atoms with Crippen LogP contribution in [0.25, 0.3) is 0 Å². The van der Waals surface area contributed by atoms with E-state index < -0.39 is 4.92 Å².